The Kier molecular flexibility index (Phi) is 4.19. The molecule has 1 atom stereocenters. The Morgan fingerprint density at radius 3 is 2.88 bits per heavy atom. The minimum absolute atomic E-state index is 0.0643. The summed E-state index contributed by atoms with van der Waals surface area (Å²) in [6.45, 7) is 2.35. The van der Waals surface area contributed by atoms with Gasteiger partial charge in [-0.3, -0.25) is 5.10 Å². The smallest absolute Gasteiger partial charge is 0.317 e. The van der Waals surface area contributed by atoms with Crippen molar-refractivity contribution in [2.45, 2.75) is 31.6 Å². The lowest BCUT2D eigenvalue weighted by atomic mass is 9.97. The lowest BCUT2D eigenvalue weighted by Gasteiger charge is -2.31. The van der Waals surface area contributed by atoms with E-state index in [0.29, 0.717) is 12.5 Å². The molecule has 1 aliphatic heterocycles. The van der Waals surface area contributed by atoms with E-state index >= 15 is 0 Å². The van der Waals surface area contributed by atoms with Crippen LogP contribution in [0.1, 0.15) is 37.4 Å². The number of amides is 2. The highest BCUT2D eigenvalue weighted by Gasteiger charge is 2.28. The van der Waals surface area contributed by atoms with Crippen LogP contribution in [0.3, 0.4) is 0 Å². The van der Waals surface area contributed by atoms with E-state index in [1.165, 1.54) is 12.8 Å². The summed E-state index contributed by atoms with van der Waals surface area (Å²) in [5.74, 6) is 2.54. The molecule has 2 amide bonds. The molecule has 126 valence electrons. The van der Waals surface area contributed by atoms with Gasteiger partial charge in [0.05, 0.1) is 0 Å². The number of piperidine rings is 1. The van der Waals surface area contributed by atoms with Gasteiger partial charge in [-0.05, 0) is 31.6 Å². The first-order chi connectivity index (χ1) is 11.8. The summed E-state index contributed by atoms with van der Waals surface area (Å²) in [5, 5.41) is 10.5. The number of hydrogen-bond donors (Lipinski definition) is 2. The number of aromatic amines is 1. The van der Waals surface area contributed by atoms with E-state index in [-0.39, 0.29) is 11.9 Å². The molecule has 2 aromatic rings. The summed E-state index contributed by atoms with van der Waals surface area (Å²) in [6.07, 6.45) is 4.55. The van der Waals surface area contributed by atoms with Crippen molar-refractivity contribution in [3.05, 3.63) is 36.2 Å². The van der Waals surface area contributed by atoms with Crippen molar-refractivity contribution in [3.8, 4) is 11.4 Å². The van der Waals surface area contributed by atoms with Crippen molar-refractivity contribution in [2.24, 2.45) is 5.92 Å². The van der Waals surface area contributed by atoms with Crippen LogP contribution in [0.5, 0.6) is 0 Å². The quantitative estimate of drug-likeness (QED) is 0.908. The average molecular weight is 325 g/mol. The fraction of sp³-hybridized carbons (Fsp3) is 0.500. The Morgan fingerprint density at radius 2 is 2.08 bits per heavy atom. The highest BCUT2D eigenvalue weighted by molar-refractivity contribution is 5.74. The largest absolute Gasteiger partial charge is 0.338 e. The number of rotatable bonds is 4. The molecule has 6 nitrogen and oxygen atoms in total. The van der Waals surface area contributed by atoms with Crippen LogP contribution in [0.25, 0.3) is 11.4 Å². The number of urea groups is 1. The van der Waals surface area contributed by atoms with Crippen molar-refractivity contribution >= 4 is 6.03 Å². The predicted octanol–water partition coefficient (Wildman–Crippen LogP) is 2.77. The van der Waals surface area contributed by atoms with Crippen LogP contribution in [0.15, 0.2) is 30.3 Å². The maximum absolute atomic E-state index is 12.3. The van der Waals surface area contributed by atoms with Crippen LogP contribution in [0.4, 0.5) is 4.79 Å². The molecule has 0 unspecified atom stereocenters. The fourth-order valence-electron chi connectivity index (χ4n) is 3.22. The molecule has 0 radical (unpaired) electrons. The van der Waals surface area contributed by atoms with E-state index in [9.17, 15) is 4.79 Å². The molecule has 4 rings (SSSR count). The summed E-state index contributed by atoms with van der Waals surface area (Å²) in [7, 11) is 0. The Balaban J connectivity index is 1.40. The van der Waals surface area contributed by atoms with Crippen LogP contribution in [0.2, 0.25) is 0 Å². The van der Waals surface area contributed by atoms with Gasteiger partial charge in [0.25, 0.3) is 0 Å². The Morgan fingerprint density at radius 1 is 1.25 bits per heavy atom. The summed E-state index contributed by atoms with van der Waals surface area (Å²) in [5.41, 5.74) is 1.01. The number of hydrogen-bond acceptors (Lipinski definition) is 3. The van der Waals surface area contributed by atoms with E-state index in [2.05, 4.69) is 20.5 Å². The number of benzene rings is 1. The van der Waals surface area contributed by atoms with Crippen LogP contribution in [-0.4, -0.2) is 45.7 Å². The Labute approximate surface area is 141 Å². The molecule has 1 saturated carbocycles. The van der Waals surface area contributed by atoms with Crippen LogP contribution in [-0.2, 0) is 0 Å². The number of carbonyl (C=O) groups excluding carboxylic acids is 1. The maximum Gasteiger partial charge on any atom is 0.317 e. The van der Waals surface area contributed by atoms with Gasteiger partial charge in [0, 0.05) is 31.1 Å². The molecule has 24 heavy (non-hydrogen) atoms. The summed E-state index contributed by atoms with van der Waals surface area (Å²) in [6, 6.07) is 10.0. The molecule has 1 aromatic carbocycles. The second kappa shape index (κ2) is 6.63. The molecule has 2 heterocycles. The summed E-state index contributed by atoms with van der Waals surface area (Å²) in [4.78, 5) is 18.9. The van der Waals surface area contributed by atoms with E-state index in [4.69, 9.17) is 0 Å². The van der Waals surface area contributed by atoms with Gasteiger partial charge >= 0.3 is 6.03 Å². The first-order valence-electron chi connectivity index (χ1n) is 8.80. The van der Waals surface area contributed by atoms with Gasteiger partial charge in [0.2, 0.25) is 0 Å². The minimum atomic E-state index is 0.0643. The molecule has 1 aliphatic carbocycles. The Bertz CT molecular complexity index is 694. The highest BCUT2D eigenvalue weighted by atomic mass is 16.2. The Hall–Kier alpha value is -2.37. The molecule has 0 spiro atoms. The second-order valence-electron chi connectivity index (χ2n) is 6.82. The number of likely N-dealkylation sites (tertiary alicyclic amines) is 1. The molecule has 6 heteroatoms. The monoisotopic (exact) mass is 325 g/mol. The van der Waals surface area contributed by atoms with E-state index in [1.807, 2.05) is 35.2 Å². The summed E-state index contributed by atoms with van der Waals surface area (Å²) < 4.78 is 0. The van der Waals surface area contributed by atoms with Crippen molar-refractivity contribution in [3.63, 3.8) is 0 Å². The van der Waals surface area contributed by atoms with E-state index < -0.39 is 0 Å². The lowest BCUT2D eigenvalue weighted by Crippen LogP contribution is -2.45. The van der Waals surface area contributed by atoms with E-state index in [1.54, 1.807) is 0 Å². The standard InChI is InChI=1S/C18H23N5O/c24-18(19-11-13-8-9-13)23-10-4-7-15(12-23)17-20-16(21-22-17)14-5-2-1-3-6-14/h1-3,5-6,13,15H,4,7-12H2,(H,19,24)(H,20,21,22)/t15-/m0/s1. The SMILES string of the molecule is O=C(NCC1CC1)N1CCC[C@H](c2nc(-c3ccccc3)n[nH]2)C1. The van der Waals surface area contributed by atoms with Crippen LogP contribution in [0, 0.1) is 5.92 Å². The molecule has 0 bridgehead atoms. The minimum Gasteiger partial charge on any atom is -0.338 e. The molecule has 1 aromatic heterocycles. The van der Waals surface area contributed by atoms with Gasteiger partial charge in [-0.15, -0.1) is 0 Å². The van der Waals surface area contributed by atoms with Gasteiger partial charge in [-0.1, -0.05) is 30.3 Å². The molecule has 2 fully saturated rings. The zero-order valence-electron chi connectivity index (χ0n) is 13.7. The first-order valence-corrected chi connectivity index (χ1v) is 8.80. The molecular formula is C18H23N5O. The third-order valence-corrected chi connectivity index (χ3v) is 4.87. The maximum atomic E-state index is 12.3. The number of nitrogens with zero attached hydrogens (tertiary/aromatic N) is 3. The number of carbonyl (C=O) groups is 1. The lowest BCUT2D eigenvalue weighted by molar-refractivity contribution is 0.178. The first kappa shape index (κ1) is 15.2. The molecule has 2 N–H and O–H groups in total. The highest BCUT2D eigenvalue weighted by Crippen LogP contribution is 2.28. The van der Waals surface area contributed by atoms with Crippen LogP contribution >= 0.6 is 0 Å². The van der Waals surface area contributed by atoms with Crippen molar-refractivity contribution < 1.29 is 4.79 Å². The topological polar surface area (TPSA) is 73.9 Å². The van der Waals surface area contributed by atoms with Crippen molar-refractivity contribution in [2.75, 3.05) is 19.6 Å². The van der Waals surface area contributed by atoms with Crippen molar-refractivity contribution in [1.82, 2.24) is 25.4 Å². The molecular weight excluding hydrogens is 302 g/mol. The normalized spacial score (nSPS) is 20.8. The fourth-order valence-corrected chi connectivity index (χ4v) is 3.22. The van der Waals surface area contributed by atoms with Gasteiger partial charge in [0.1, 0.15) is 5.82 Å². The number of nitrogens with one attached hydrogen (secondary N) is 2. The van der Waals surface area contributed by atoms with Gasteiger partial charge < -0.3 is 10.2 Å². The van der Waals surface area contributed by atoms with Gasteiger partial charge in [-0.2, -0.15) is 5.10 Å². The summed E-state index contributed by atoms with van der Waals surface area (Å²) >= 11 is 0. The average Bonchev–Trinajstić information content (AvgIpc) is 3.34. The van der Waals surface area contributed by atoms with Crippen molar-refractivity contribution in [1.29, 1.82) is 0 Å². The van der Waals surface area contributed by atoms with Gasteiger partial charge in [0.15, 0.2) is 5.82 Å². The second-order valence-corrected chi connectivity index (χ2v) is 6.82. The zero-order chi connectivity index (χ0) is 16.4. The molecule has 1 saturated heterocycles. The third-order valence-electron chi connectivity index (χ3n) is 4.87. The van der Waals surface area contributed by atoms with Crippen LogP contribution < -0.4 is 5.32 Å². The number of aromatic nitrogens is 3. The predicted molar refractivity (Wildman–Crippen MR) is 91.5 cm³/mol. The third kappa shape index (κ3) is 3.42. The zero-order valence-corrected chi connectivity index (χ0v) is 13.7. The van der Waals surface area contributed by atoms with E-state index in [0.717, 1.165) is 43.1 Å². The molecule has 2 aliphatic rings. The van der Waals surface area contributed by atoms with Gasteiger partial charge in [-0.25, -0.2) is 9.78 Å². The number of H-pyrrole nitrogens is 1.